The van der Waals surface area contributed by atoms with Crippen LogP contribution in [-0.2, 0) is 20.7 Å². The smallest absolute Gasteiger partial charge is 0.320 e. The van der Waals surface area contributed by atoms with E-state index in [1.54, 1.807) is 19.1 Å². The Morgan fingerprint density at radius 3 is 2.55 bits per heavy atom. The molecule has 0 spiro atoms. The minimum atomic E-state index is -1.16. The van der Waals surface area contributed by atoms with Gasteiger partial charge in [-0.25, -0.2) is 0 Å². The van der Waals surface area contributed by atoms with Crippen LogP contribution in [0.3, 0.4) is 0 Å². The number of carboxylic acid groups (broad SMARTS) is 1. The van der Waals surface area contributed by atoms with Gasteiger partial charge in [0.25, 0.3) is 0 Å². The van der Waals surface area contributed by atoms with Crippen molar-refractivity contribution >= 4 is 35.1 Å². The summed E-state index contributed by atoms with van der Waals surface area (Å²) in [5.41, 5.74) is 0.951. The molecule has 0 radical (unpaired) electrons. The van der Waals surface area contributed by atoms with Crippen molar-refractivity contribution < 1.29 is 19.4 Å². The molecule has 1 rings (SSSR count). The first-order chi connectivity index (χ1) is 9.45. The third kappa shape index (κ3) is 5.02. The van der Waals surface area contributed by atoms with Crippen molar-refractivity contribution in [3.8, 4) is 0 Å². The second-order valence-electron chi connectivity index (χ2n) is 4.28. The van der Waals surface area contributed by atoms with Gasteiger partial charge in [-0.15, -0.1) is 0 Å². The summed E-state index contributed by atoms with van der Waals surface area (Å²) >= 11 is 11.7. The maximum Gasteiger partial charge on any atom is 0.320 e. The van der Waals surface area contributed by atoms with Crippen molar-refractivity contribution in [1.82, 2.24) is 0 Å². The molecular formula is C14H16Cl2O4. The highest BCUT2D eigenvalue weighted by molar-refractivity contribution is 6.42. The maximum atomic E-state index is 11.5. The number of carboxylic acids is 1. The van der Waals surface area contributed by atoms with E-state index in [-0.39, 0.29) is 13.0 Å². The summed E-state index contributed by atoms with van der Waals surface area (Å²) in [6.45, 7) is 1.82. The van der Waals surface area contributed by atoms with E-state index in [1.807, 2.05) is 6.07 Å². The molecule has 0 saturated carbocycles. The fourth-order valence-corrected chi connectivity index (χ4v) is 2.11. The second-order valence-corrected chi connectivity index (χ2v) is 5.10. The Kier molecular flexibility index (Phi) is 6.82. The quantitative estimate of drug-likeness (QED) is 0.616. The average molecular weight is 319 g/mol. The summed E-state index contributed by atoms with van der Waals surface area (Å²) in [5, 5.41) is 9.95. The minimum Gasteiger partial charge on any atom is -0.481 e. The Hall–Kier alpha value is -1.26. The Labute approximate surface area is 127 Å². The molecule has 0 bridgehead atoms. The molecule has 4 nitrogen and oxygen atoms in total. The number of carbonyl (C=O) groups is 2. The van der Waals surface area contributed by atoms with Gasteiger partial charge in [0.2, 0.25) is 0 Å². The van der Waals surface area contributed by atoms with Crippen molar-refractivity contribution in [2.75, 3.05) is 6.61 Å². The zero-order valence-corrected chi connectivity index (χ0v) is 12.6. The lowest BCUT2D eigenvalue weighted by molar-refractivity contribution is -0.158. The Morgan fingerprint density at radius 1 is 1.30 bits per heavy atom. The highest BCUT2D eigenvalue weighted by Crippen LogP contribution is 2.23. The number of halogens is 2. The van der Waals surface area contributed by atoms with Gasteiger partial charge < -0.3 is 9.84 Å². The fourth-order valence-electron chi connectivity index (χ4n) is 1.79. The fraction of sp³-hybridized carbons (Fsp3) is 0.429. The van der Waals surface area contributed by atoms with Crippen LogP contribution < -0.4 is 0 Å². The lowest BCUT2D eigenvalue weighted by Crippen LogP contribution is -2.26. The summed E-state index contributed by atoms with van der Waals surface area (Å²) in [7, 11) is 0. The number of benzene rings is 1. The summed E-state index contributed by atoms with van der Waals surface area (Å²) in [4.78, 5) is 22.5. The van der Waals surface area contributed by atoms with Gasteiger partial charge in [-0.1, -0.05) is 29.3 Å². The van der Waals surface area contributed by atoms with E-state index in [9.17, 15) is 9.59 Å². The molecule has 0 unspecified atom stereocenters. The third-order valence-corrected chi connectivity index (χ3v) is 3.55. The van der Waals surface area contributed by atoms with Gasteiger partial charge in [-0.05, 0) is 43.9 Å². The molecule has 0 heterocycles. The van der Waals surface area contributed by atoms with E-state index >= 15 is 0 Å². The molecule has 0 aliphatic rings. The first-order valence-corrected chi connectivity index (χ1v) is 7.04. The van der Waals surface area contributed by atoms with Gasteiger partial charge >= 0.3 is 11.9 Å². The van der Waals surface area contributed by atoms with Gasteiger partial charge in [0.1, 0.15) is 0 Å². The van der Waals surface area contributed by atoms with E-state index in [0.717, 1.165) is 5.56 Å². The molecule has 0 saturated heterocycles. The Morgan fingerprint density at radius 2 is 2.00 bits per heavy atom. The number of esters is 1. The molecule has 1 atom stereocenters. The van der Waals surface area contributed by atoms with Crippen LogP contribution >= 0.6 is 23.2 Å². The lowest BCUT2D eigenvalue weighted by atomic mass is 10.00. The van der Waals surface area contributed by atoms with E-state index < -0.39 is 17.9 Å². The van der Waals surface area contributed by atoms with Crippen LogP contribution in [0, 0.1) is 5.92 Å². The monoisotopic (exact) mass is 318 g/mol. The van der Waals surface area contributed by atoms with Crippen LogP contribution in [0.5, 0.6) is 0 Å². The molecule has 0 aliphatic heterocycles. The van der Waals surface area contributed by atoms with E-state index in [0.29, 0.717) is 22.9 Å². The zero-order valence-electron chi connectivity index (χ0n) is 11.1. The number of hydrogen-bond donors (Lipinski definition) is 1. The van der Waals surface area contributed by atoms with Crippen LogP contribution in [-0.4, -0.2) is 23.7 Å². The predicted octanol–water partition coefficient (Wildman–Crippen LogP) is 3.58. The molecule has 1 aromatic carbocycles. The topological polar surface area (TPSA) is 63.6 Å². The molecule has 0 fully saturated rings. The summed E-state index contributed by atoms with van der Waals surface area (Å²) < 4.78 is 4.74. The molecular weight excluding hydrogens is 303 g/mol. The summed E-state index contributed by atoms with van der Waals surface area (Å²) in [6, 6.07) is 5.26. The van der Waals surface area contributed by atoms with Crippen molar-refractivity contribution in [3.63, 3.8) is 0 Å². The molecule has 20 heavy (non-hydrogen) atoms. The highest BCUT2D eigenvalue weighted by Gasteiger charge is 2.26. The van der Waals surface area contributed by atoms with Crippen molar-refractivity contribution in [2.24, 2.45) is 5.92 Å². The first-order valence-electron chi connectivity index (χ1n) is 6.29. The molecule has 1 N–H and O–H groups in total. The number of rotatable bonds is 7. The number of aryl methyl sites for hydroxylation is 1. The van der Waals surface area contributed by atoms with Crippen molar-refractivity contribution in [1.29, 1.82) is 0 Å². The molecule has 110 valence electrons. The molecule has 0 amide bonds. The lowest BCUT2D eigenvalue weighted by Gasteiger charge is -2.11. The first kappa shape index (κ1) is 16.8. The SMILES string of the molecule is CCOC(=O)[C@H](CCCc1ccc(Cl)c(Cl)c1)C(=O)O. The van der Waals surface area contributed by atoms with Gasteiger partial charge in [0, 0.05) is 0 Å². The summed E-state index contributed by atoms with van der Waals surface area (Å²) in [5.74, 6) is -2.95. The third-order valence-electron chi connectivity index (χ3n) is 2.81. The Balaban J connectivity index is 2.54. The molecule has 0 aliphatic carbocycles. The highest BCUT2D eigenvalue weighted by atomic mass is 35.5. The van der Waals surface area contributed by atoms with Crippen LogP contribution in [0.15, 0.2) is 18.2 Å². The molecule has 0 aromatic heterocycles. The minimum absolute atomic E-state index is 0.176. The van der Waals surface area contributed by atoms with Crippen LogP contribution in [0.1, 0.15) is 25.3 Å². The van der Waals surface area contributed by atoms with Crippen LogP contribution in [0.4, 0.5) is 0 Å². The van der Waals surface area contributed by atoms with Gasteiger partial charge in [0.05, 0.1) is 16.7 Å². The van der Waals surface area contributed by atoms with Crippen LogP contribution in [0.2, 0.25) is 10.0 Å². The summed E-state index contributed by atoms with van der Waals surface area (Å²) in [6.07, 6.45) is 1.40. The average Bonchev–Trinajstić information content (AvgIpc) is 2.38. The number of ether oxygens (including phenoxy) is 1. The van der Waals surface area contributed by atoms with Gasteiger partial charge in [-0.3, -0.25) is 9.59 Å². The zero-order chi connectivity index (χ0) is 15.1. The van der Waals surface area contributed by atoms with E-state index in [1.165, 1.54) is 0 Å². The maximum absolute atomic E-state index is 11.5. The normalized spacial score (nSPS) is 11.9. The van der Waals surface area contributed by atoms with Crippen LogP contribution in [0.25, 0.3) is 0 Å². The molecule has 6 heteroatoms. The van der Waals surface area contributed by atoms with Gasteiger partial charge in [0.15, 0.2) is 5.92 Å². The van der Waals surface area contributed by atoms with Gasteiger partial charge in [-0.2, -0.15) is 0 Å². The number of aliphatic carboxylic acids is 1. The molecule has 1 aromatic rings. The number of carbonyl (C=O) groups excluding carboxylic acids is 1. The van der Waals surface area contributed by atoms with Crippen molar-refractivity contribution in [3.05, 3.63) is 33.8 Å². The van der Waals surface area contributed by atoms with Crippen molar-refractivity contribution in [2.45, 2.75) is 26.2 Å². The Bertz CT molecular complexity index is 488. The standard InChI is InChI=1S/C14H16Cl2O4/c1-2-20-14(19)10(13(17)18)5-3-4-9-6-7-11(15)12(16)8-9/h6-8,10H,2-5H2,1H3,(H,17,18)/t10-/m1/s1. The predicted molar refractivity (Wildman–Crippen MR) is 77.2 cm³/mol. The van der Waals surface area contributed by atoms with E-state index in [4.69, 9.17) is 33.0 Å². The van der Waals surface area contributed by atoms with E-state index in [2.05, 4.69) is 0 Å². The second kappa shape index (κ2) is 8.12. The number of hydrogen-bond acceptors (Lipinski definition) is 3. The largest absolute Gasteiger partial charge is 0.481 e.